The van der Waals surface area contributed by atoms with E-state index >= 15 is 0 Å². The summed E-state index contributed by atoms with van der Waals surface area (Å²) < 4.78 is 0. The minimum Gasteiger partial charge on any atom is -0.0616 e. The van der Waals surface area contributed by atoms with Gasteiger partial charge >= 0.3 is 0 Å². The Morgan fingerprint density at radius 1 is 0.275 bits per heavy atom. The first-order valence-corrected chi connectivity index (χ1v) is 12.7. The first kappa shape index (κ1) is 24.1. The highest BCUT2D eigenvalue weighted by Gasteiger charge is 2.05. The standard InChI is InChI=1S/C40H18/c1(3-5-7-9-19-31-29-33-21-11-13-23-35(33)39-27-17-15-25-37(31)39)2-4-6-8-10-20-32-30-34-22-12-14-24-36(34)40-28-18-16-26-38(32)40/h11-18,21-30H. The van der Waals surface area contributed by atoms with Crippen LogP contribution in [0.2, 0.25) is 0 Å². The van der Waals surface area contributed by atoms with Crippen LogP contribution in [-0.2, 0) is 0 Å². The molecule has 0 unspecified atom stereocenters. The van der Waals surface area contributed by atoms with Gasteiger partial charge in [-0.1, -0.05) is 109 Å². The normalized spacial score (nSPS) is 9.30. The van der Waals surface area contributed by atoms with Crippen molar-refractivity contribution in [3.05, 3.63) is 120 Å². The fraction of sp³-hybridized carbons (Fsp3) is 0. The Kier molecular flexibility index (Phi) is 6.87. The SMILES string of the molecule is C(C#CC#CC#Cc1cc2ccccc2c2ccccc12)#CC#CC#Cc1cc2ccccc2c2ccccc12. The lowest BCUT2D eigenvalue weighted by Crippen LogP contribution is -1.83. The molecule has 0 bridgehead atoms. The van der Waals surface area contributed by atoms with Crippen molar-refractivity contribution in [1.29, 1.82) is 0 Å². The molecule has 0 saturated heterocycles. The fourth-order valence-corrected chi connectivity index (χ4v) is 4.76. The van der Waals surface area contributed by atoms with Gasteiger partial charge in [-0.15, -0.1) is 0 Å². The topological polar surface area (TPSA) is 0 Å². The average molecular weight is 499 g/mol. The highest BCUT2D eigenvalue weighted by atomic mass is 14.1. The smallest absolute Gasteiger partial charge is 0.0340 e. The third-order valence-electron chi connectivity index (χ3n) is 6.49. The Morgan fingerprint density at radius 2 is 0.575 bits per heavy atom. The van der Waals surface area contributed by atoms with Gasteiger partial charge in [-0.25, -0.2) is 0 Å². The second kappa shape index (κ2) is 11.4. The Morgan fingerprint density at radius 3 is 0.975 bits per heavy atom. The molecule has 0 aliphatic heterocycles. The van der Waals surface area contributed by atoms with Gasteiger partial charge in [-0.2, -0.15) is 0 Å². The van der Waals surface area contributed by atoms with Crippen molar-refractivity contribution in [3.63, 3.8) is 0 Å². The first-order chi connectivity index (χ1) is 19.9. The Hall–Kier alpha value is -6.28. The predicted molar refractivity (Wildman–Crippen MR) is 168 cm³/mol. The van der Waals surface area contributed by atoms with E-state index < -0.39 is 0 Å². The summed E-state index contributed by atoms with van der Waals surface area (Å²) in [4.78, 5) is 0. The summed E-state index contributed by atoms with van der Waals surface area (Å²) >= 11 is 0. The van der Waals surface area contributed by atoms with E-state index in [1.165, 1.54) is 21.5 Å². The van der Waals surface area contributed by atoms with Crippen molar-refractivity contribution in [1.82, 2.24) is 0 Å². The van der Waals surface area contributed by atoms with Gasteiger partial charge in [0.25, 0.3) is 0 Å². The average Bonchev–Trinajstić information content (AvgIpc) is 3.01. The van der Waals surface area contributed by atoms with Gasteiger partial charge in [0.05, 0.1) is 0 Å². The zero-order valence-corrected chi connectivity index (χ0v) is 21.4. The zero-order chi connectivity index (χ0) is 27.0. The molecule has 0 nitrogen and oxygen atoms in total. The van der Waals surface area contributed by atoms with Crippen molar-refractivity contribution < 1.29 is 0 Å². The van der Waals surface area contributed by atoms with Crippen molar-refractivity contribution in [3.8, 4) is 71.0 Å². The van der Waals surface area contributed by atoms with Crippen molar-refractivity contribution in [2.45, 2.75) is 0 Å². The molecule has 0 saturated carbocycles. The van der Waals surface area contributed by atoms with Gasteiger partial charge in [-0.3, -0.25) is 0 Å². The highest BCUT2D eigenvalue weighted by molar-refractivity contribution is 6.10. The van der Waals surface area contributed by atoms with Gasteiger partial charge in [0.2, 0.25) is 0 Å². The predicted octanol–water partition coefficient (Wildman–Crippen LogP) is 7.72. The quantitative estimate of drug-likeness (QED) is 0.149. The van der Waals surface area contributed by atoms with Gasteiger partial charge in [0.1, 0.15) is 0 Å². The molecule has 0 heteroatoms. The fourth-order valence-electron chi connectivity index (χ4n) is 4.76. The summed E-state index contributed by atoms with van der Waals surface area (Å²) in [6, 6.07) is 37.4. The van der Waals surface area contributed by atoms with Crippen LogP contribution in [0.25, 0.3) is 43.1 Å². The molecule has 0 radical (unpaired) electrons. The summed E-state index contributed by atoms with van der Waals surface area (Å²) in [7, 11) is 0. The monoisotopic (exact) mass is 498 g/mol. The van der Waals surface area contributed by atoms with E-state index in [1.54, 1.807) is 0 Å². The third-order valence-corrected chi connectivity index (χ3v) is 6.49. The van der Waals surface area contributed by atoms with Crippen LogP contribution in [0.3, 0.4) is 0 Å². The first-order valence-electron chi connectivity index (χ1n) is 12.7. The molecule has 0 aliphatic rings. The second-order valence-electron chi connectivity index (χ2n) is 8.88. The molecular formula is C40H18. The minimum absolute atomic E-state index is 0.949. The molecule has 40 heavy (non-hydrogen) atoms. The van der Waals surface area contributed by atoms with Crippen LogP contribution >= 0.6 is 0 Å². The molecule has 0 heterocycles. The summed E-state index contributed by atoms with van der Waals surface area (Å²) in [5.74, 6) is 34.0. The maximum absolute atomic E-state index is 3.17. The van der Waals surface area contributed by atoms with Crippen LogP contribution in [0.5, 0.6) is 0 Å². The summed E-state index contributed by atoms with van der Waals surface area (Å²) in [5, 5.41) is 9.35. The van der Waals surface area contributed by atoms with E-state index in [0.717, 1.165) is 32.7 Å². The van der Waals surface area contributed by atoms with Crippen LogP contribution < -0.4 is 0 Å². The van der Waals surface area contributed by atoms with E-state index in [1.807, 2.05) is 36.4 Å². The van der Waals surface area contributed by atoms with Crippen LogP contribution in [0.15, 0.2) is 109 Å². The third kappa shape index (κ3) is 5.09. The largest absolute Gasteiger partial charge is 0.0616 e. The van der Waals surface area contributed by atoms with Crippen molar-refractivity contribution in [2.75, 3.05) is 0 Å². The van der Waals surface area contributed by atoms with E-state index in [4.69, 9.17) is 0 Å². The van der Waals surface area contributed by atoms with Crippen LogP contribution in [0.4, 0.5) is 0 Å². The molecule has 6 aromatic rings. The van der Waals surface area contributed by atoms with E-state index in [0.29, 0.717) is 0 Å². The summed E-state index contributed by atoms with van der Waals surface area (Å²) in [6.07, 6.45) is 0. The molecule has 0 aromatic heterocycles. The maximum atomic E-state index is 3.17. The van der Waals surface area contributed by atoms with E-state index in [2.05, 4.69) is 144 Å². The van der Waals surface area contributed by atoms with Crippen LogP contribution in [0.1, 0.15) is 11.1 Å². The minimum atomic E-state index is 0.949. The molecular weight excluding hydrogens is 480 g/mol. The second-order valence-corrected chi connectivity index (χ2v) is 8.88. The summed E-state index contributed by atoms with van der Waals surface area (Å²) in [6.45, 7) is 0. The van der Waals surface area contributed by atoms with E-state index in [9.17, 15) is 0 Å². The van der Waals surface area contributed by atoms with E-state index in [-0.39, 0.29) is 0 Å². The molecule has 0 atom stereocenters. The Labute approximate surface area is 234 Å². The molecule has 0 fully saturated rings. The molecule has 6 aromatic carbocycles. The van der Waals surface area contributed by atoms with Gasteiger partial charge in [0.15, 0.2) is 0 Å². The molecule has 0 aliphatic carbocycles. The van der Waals surface area contributed by atoms with Gasteiger partial charge < -0.3 is 0 Å². The number of hydrogen-bond acceptors (Lipinski definition) is 0. The number of hydrogen-bond donors (Lipinski definition) is 0. The lowest BCUT2D eigenvalue weighted by atomic mass is 9.97. The van der Waals surface area contributed by atoms with Crippen LogP contribution in [0, 0.1) is 71.0 Å². The Balaban J connectivity index is 1.16. The molecule has 0 amide bonds. The lowest BCUT2D eigenvalue weighted by molar-refractivity contribution is 1.73. The summed E-state index contributed by atoms with van der Waals surface area (Å²) in [5.41, 5.74) is 1.90. The molecule has 0 spiro atoms. The van der Waals surface area contributed by atoms with Gasteiger partial charge in [0, 0.05) is 11.1 Å². The van der Waals surface area contributed by atoms with Crippen LogP contribution in [-0.4, -0.2) is 0 Å². The molecule has 6 rings (SSSR count). The highest BCUT2D eigenvalue weighted by Crippen LogP contribution is 2.29. The number of rotatable bonds is 0. The Bertz CT molecular complexity index is 2180. The number of fused-ring (bicyclic) bond motifs is 6. The molecule has 0 N–H and O–H groups in total. The zero-order valence-electron chi connectivity index (χ0n) is 21.4. The molecule has 178 valence electrons. The van der Waals surface area contributed by atoms with Gasteiger partial charge in [-0.05, 0) is 114 Å². The van der Waals surface area contributed by atoms with Crippen molar-refractivity contribution >= 4 is 43.1 Å². The number of benzene rings is 6. The van der Waals surface area contributed by atoms with Crippen molar-refractivity contribution in [2.24, 2.45) is 0 Å². The maximum Gasteiger partial charge on any atom is 0.0340 e. The lowest BCUT2D eigenvalue weighted by Gasteiger charge is -2.06.